The first-order valence-electron chi connectivity index (χ1n) is 6.05. The van der Waals surface area contributed by atoms with Crippen LogP contribution in [0.2, 0.25) is 0 Å². The fourth-order valence-electron chi connectivity index (χ4n) is 1.42. The molecule has 1 aromatic rings. The fourth-order valence-corrected chi connectivity index (χ4v) is 1.42. The van der Waals surface area contributed by atoms with E-state index >= 15 is 0 Å². The average molecular weight is 288 g/mol. The normalized spacial score (nSPS) is 17.7. The van der Waals surface area contributed by atoms with Crippen LogP contribution in [0.5, 0.6) is 0 Å². The molecule has 1 N–H and O–H groups in total. The quantitative estimate of drug-likeness (QED) is 0.851. The minimum Gasteiger partial charge on any atom is -0.295 e. The Labute approximate surface area is 114 Å². The number of aliphatic imine (C=N–C) groups is 1. The summed E-state index contributed by atoms with van der Waals surface area (Å²) in [6.45, 7) is 5.41. The second-order valence-corrected chi connectivity index (χ2v) is 3.73. The molecule has 4 nitrogen and oxygen atoms in total. The second kappa shape index (κ2) is 6.51. The maximum Gasteiger partial charge on any atom is 0.437 e. The molecule has 0 amide bonds. The molecule has 110 valence electrons. The van der Waals surface area contributed by atoms with Crippen LogP contribution in [0, 0.1) is 0 Å². The average Bonchev–Trinajstić information content (AvgIpc) is 2.91. The zero-order valence-corrected chi connectivity index (χ0v) is 11.3. The van der Waals surface area contributed by atoms with Crippen molar-refractivity contribution in [1.29, 1.82) is 0 Å². The summed E-state index contributed by atoms with van der Waals surface area (Å²) in [7, 11) is 0. The number of carbonyl (C=O) groups excluding carboxylic acids is 1. The van der Waals surface area contributed by atoms with Gasteiger partial charge in [0.25, 0.3) is 6.23 Å². The number of alkyl halides is 3. The van der Waals surface area contributed by atoms with Crippen molar-refractivity contribution in [2.24, 2.45) is 4.99 Å². The molecular weight excluding hydrogens is 273 g/mol. The van der Waals surface area contributed by atoms with Gasteiger partial charge in [-0.3, -0.25) is 4.79 Å². The number of rotatable bonds is 2. The molecule has 2 rings (SSSR count). The van der Waals surface area contributed by atoms with E-state index in [2.05, 4.69) is 15.3 Å². The molecular formula is C13H15F3N2O2. The van der Waals surface area contributed by atoms with Gasteiger partial charge < -0.3 is 0 Å². The number of benzene rings is 1. The lowest BCUT2D eigenvalue weighted by molar-refractivity contribution is -0.220. The molecule has 0 saturated heterocycles. The Morgan fingerprint density at radius 2 is 1.80 bits per heavy atom. The monoisotopic (exact) mass is 288 g/mol. The molecule has 1 aromatic carbocycles. The van der Waals surface area contributed by atoms with E-state index in [-0.39, 0.29) is 11.6 Å². The van der Waals surface area contributed by atoms with E-state index in [9.17, 15) is 18.0 Å². The SMILES string of the molecule is CC.CC(=O)c1ccc(C2=NC(C(F)(F)F)ON2)cc1. The van der Waals surface area contributed by atoms with Crippen LogP contribution in [0.25, 0.3) is 0 Å². The molecule has 20 heavy (non-hydrogen) atoms. The highest BCUT2D eigenvalue weighted by Gasteiger charge is 2.44. The third kappa shape index (κ3) is 3.80. The van der Waals surface area contributed by atoms with Crippen LogP contribution in [-0.2, 0) is 4.84 Å². The molecule has 0 bridgehead atoms. The highest BCUT2D eigenvalue weighted by molar-refractivity contribution is 6.00. The molecule has 1 heterocycles. The van der Waals surface area contributed by atoms with Gasteiger partial charge >= 0.3 is 6.18 Å². The largest absolute Gasteiger partial charge is 0.437 e. The van der Waals surface area contributed by atoms with Crippen LogP contribution in [0.15, 0.2) is 29.3 Å². The summed E-state index contributed by atoms with van der Waals surface area (Å²) in [5, 5.41) is 0. The molecule has 7 heteroatoms. The van der Waals surface area contributed by atoms with Crippen LogP contribution in [0.1, 0.15) is 36.7 Å². The maximum atomic E-state index is 12.3. The van der Waals surface area contributed by atoms with Crippen molar-refractivity contribution >= 4 is 11.6 Å². The molecule has 1 atom stereocenters. The molecule has 1 unspecified atom stereocenters. The Morgan fingerprint density at radius 1 is 1.25 bits per heavy atom. The smallest absolute Gasteiger partial charge is 0.295 e. The van der Waals surface area contributed by atoms with Crippen LogP contribution in [0.3, 0.4) is 0 Å². The molecule has 0 radical (unpaired) electrons. The summed E-state index contributed by atoms with van der Waals surface area (Å²) < 4.78 is 36.9. The molecule has 0 aromatic heterocycles. The molecule has 1 aliphatic heterocycles. The molecule has 0 spiro atoms. The van der Waals surface area contributed by atoms with Gasteiger partial charge in [-0.25, -0.2) is 15.3 Å². The number of amidine groups is 1. The summed E-state index contributed by atoms with van der Waals surface area (Å²) in [5.41, 5.74) is 3.02. The van der Waals surface area contributed by atoms with Gasteiger partial charge in [-0.15, -0.1) is 0 Å². The predicted octanol–water partition coefficient (Wildman–Crippen LogP) is 3.09. The highest BCUT2D eigenvalue weighted by Crippen LogP contribution is 2.26. The Balaban J connectivity index is 0.000000956. The van der Waals surface area contributed by atoms with Crippen molar-refractivity contribution in [3.8, 4) is 0 Å². The minimum atomic E-state index is -4.55. The van der Waals surface area contributed by atoms with Crippen molar-refractivity contribution in [3.63, 3.8) is 0 Å². The van der Waals surface area contributed by atoms with Crippen molar-refractivity contribution in [1.82, 2.24) is 5.48 Å². The van der Waals surface area contributed by atoms with Gasteiger partial charge in [0, 0.05) is 11.1 Å². The van der Waals surface area contributed by atoms with Crippen molar-refractivity contribution in [2.45, 2.75) is 33.2 Å². The van der Waals surface area contributed by atoms with Gasteiger partial charge in [0.15, 0.2) is 11.6 Å². The van der Waals surface area contributed by atoms with Gasteiger partial charge in [-0.2, -0.15) is 13.2 Å². The van der Waals surface area contributed by atoms with E-state index in [4.69, 9.17) is 0 Å². The maximum absolute atomic E-state index is 12.3. The van der Waals surface area contributed by atoms with E-state index in [0.29, 0.717) is 11.1 Å². The third-order valence-electron chi connectivity index (χ3n) is 2.36. The van der Waals surface area contributed by atoms with E-state index in [0.717, 1.165) is 0 Å². The number of nitrogens with one attached hydrogen (secondary N) is 1. The molecule has 0 fully saturated rings. The number of Topliss-reactive ketones (excluding diaryl/α,β-unsaturated/α-hetero) is 1. The lowest BCUT2D eigenvalue weighted by Crippen LogP contribution is -2.29. The van der Waals surface area contributed by atoms with Crippen LogP contribution >= 0.6 is 0 Å². The lowest BCUT2D eigenvalue weighted by atomic mass is 10.1. The van der Waals surface area contributed by atoms with E-state index < -0.39 is 12.4 Å². The number of hydrogen-bond acceptors (Lipinski definition) is 4. The first-order valence-corrected chi connectivity index (χ1v) is 6.05. The number of hydrogen-bond donors (Lipinski definition) is 1. The zero-order valence-electron chi connectivity index (χ0n) is 11.3. The Kier molecular flexibility index (Phi) is 5.26. The van der Waals surface area contributed by atoms with Crippen molar-refractivity contribution in [2.75, 3.05) is 0 Å². The summed E-state index contributed by atoms with van der Waals surface area (Å²) in [5.74, 6) is -0.125. The summed E-state index contributed by atoms with van der Waals surface area (Å²) >= 11 is 0. The summed E-state index contributed by atoms with van der Waals surface area (Å²) in [6, 6.07) is 6.04. The number of halogens is 3. The van der Waals surface area contributed by atoms with E-state index in [1.807, 2.05) is 13.8 Å². The van der Waals surface area contributed by atoms with Gasteiger partial charge in [-0.05, 0) is 6.92 Å². The van der Waals surface area contributed by atoms with E-state index in [1.165, 1.54) is 31.2 Å². The van der Waals surface area contributed by atoms with Gasteiger partial charge in [-0.1, -0.05) is 38.1 Å². The van der Waals surface area contributed by atoms with Crippen LogP contribution in [0.4, 0.5) is 13.2 Å². The van der Waals surface area contributed by atoms with Crippen molar-refractivity contribution in [3.05, 3.63) is 35.4 Å². The highest BCUT2D eigenvalue weighted by atomic mass is 19.4. The zero-order chi connectivity index (χ0) is 15.3. The molecule has 1 aliphatic rings. The predicted molar refractivity (Wildman–Crippen MR) is 68.4 cm³/mol. The number of carbonyl (C=O) groups is 1. The number of ketones is 1. The summed E-state index contributed by atoms with van der Waals surface area (Å²) in [4.78, 5) is 18.7. The Morgan fingerprint density at radius 3 is 2.20 bits per heavy atom. The minimum absolute atomic E-state index is 0.00701. The Bertz CT molecular complexity index is 495. The standard InChI is InChI=1S/C11H9F3N2O2.C2H6/c1-6(17)7-2-4-8(5-3-7)9-15-10(18-16-9)11(12,13)14;1-2/h2-5,10H,1H3,(H,15,16);1-2H3. The number of hydroxylamine groups is 1. The lowest BCUT2D eigenvalue weighted by Gasteiger charge is -2.08. The van der Waals surface area contributed by atoms with E-state index in [1.54, 1.807) is 0 Å². The van der Waals surface area contributed by atoms with Crippen LogP contribution < -0.4 is 5.48 Å². The number of nitrogens with zero attached hydrogens (tertiary/aromatic N) is 1. The molecule has 0 aliphatic carbocycles. The first kappa shape index (κ1) is 16.2. The Hall–Kier alpha value is -1.89. The van der Waals surface area contributed by atoms with Crippen molar-refractivity contribution < 1.29 is 22.8 Å². The van der Waals surface area contributed by atoms with Gasteiger partial charge in [0.05, 0.1) is 0 Å². The first-order chi connectivity index (χ1) is 9.38. The summed E-state index contributed by atoms with van der Waals surface area (Å²) in [6.07, 6.45) is -6.74. The van der Waals surface area contributed by atoms with Gasteiger partial charge in [0.1, 0.15) is 0 Å². The third-order valence-corrected chi connectivity index (χ3v) is 2.36. The topological polar surface area (TPSA) is 50.7 Å². The van der Waals surface area contributed by atoms with Crippen LogP contribution in [-0.4, -0.2) is 24.0 Å². The van der Waals surface area contributed by atoms with Gasteiger partial charge in [0.2, 0.25) is 0 Å². The fraction of sp³-hybridized carbons (Fsp3) is 0.385. The molecule has 0 saturated carbocycles. The second-order valence-electron chi connectivity index (χ2n) is 3.73.